The van der Waals surface area contributed by atoms with Crippen LogP contribution in [0.1, 0.15) is 33.4 Å². The van der Waals surface area contributed by atoms with Crippen LogP contribution < -0.4 is 0 Å². The van der Waals surface area contributed by atoms with E-state index in [1.807, 2.05) is 39.8 Å². The van der Waals surface area contributed by atoms with Crippen LogP contribution in [0, 0.1) is 27.7 Å². The van der Waals surface area contributed by atoms with Crippen LogP contribution in [0.5, 0.6) is 11.5 Å². The summed E-state index contributed by atoms with van der Waals surface area (Å²) in [5, 5.41) is 19.7. The van der Waals surface area contributed by atoms with Crippen molar-refractivity contribution in [3.63, 3.8) is 0 Å². The second kappa shape index (κ2) is 6.23. The van der Waals surface area contributed by atoms with Gasteiger partial charge in [0.05, 0.1) is 0 Å². The Labute approximate surface area is 140 Å². The number of hydrogen-bond donors (Lipinski definition) is 2. The van der Waals surface area contributed by atoms with Crippen LogP contribution in [-0.2, 0) is 0 Å². The molecule has 116 valence electrons. The molecule has 0 heterocycles. The van der Waals surface area contributed by atoms with Crippen LogP contribution in [0.15, 0.2) is 28.8 Å². The Bertz CT molecular complexity index is 714. The first kappa shape index (κ1) is 16.7. The largest absolute Gasteiger partial charge is 0.508 e. The molecule has 2 nitrogen and oxygen atoms in total. The summed E-state index contributed by atoms with van der Waals surface area (Å²) in [4.78, 5) is 0. The molecule has 4 heteroatoms. The van der Waals surface area contributed by atoms with Gasteiger partial charge in [-0.15, -0.1) is 0 Å². The van der Waals surface area contributed by atoms with Gasteiger partial charge in [-0.2, -0.15) is 0 Å². The highest BCUT2D eigenvalue weighted by molar-refractivity contribution is 6.59. The Morgan fingerprint density at radius 2 is 1.05 bits per heavy atom. The highest BCUT2D eigenvalue weighted by Gasteiger charge is 2.17. The van der Waals surface area contributed by atoms with E-state index in [-0.39, 0.29) is 16.0 Å². The van der Waals surface area contributed by atoms with E-state index < -0.39 is 0 Å². The second-order valence-electron chi connectivity index (χ2n) is 5.54. The average molecular weight is 337 g/mol. The number of hydrogen-bond acceptors (Lipinski definition) is 2. The van der Waals surface area contributed by atoms with Crippen molar-refractivity contribution >= 4 is 28.8 Å². The number of aryl methyl sites for hydroxylation is 4. The summed E-state index contributed by atoms with van der Waals surface area (Å²) < 4.78 is 0.154. The molecule has 0 aromatic heterocycles. The molecular weight excluding hydrogens is 319 g/mol. The van der Waals surface area contributed by atoms with Crippen LogP contribution in [-0.4, -0.2) is 10.2 Å². The molecule has 2 rings (SSSR count). The lowest BCUT2D eigenvalue weighted by atomic mass is 9.90. The standard InChI is InChI=1S/C18H18Cl2O2/c1-9-7-15(21)11(3)5-13(9)17(18(19)20)14-6-12(4)16(22)8-10(14)2/h5-8,21-22H,1-4H3. The zero-order valence-corrected chi connectivity index (χ0v) is 14.5. The van der Waals surface area contributed by atoms with Crippen LogP contribution in [0.4, 0.5) is 0 Å². The first-order chi connectivity index (χ1) is 10.2. The molecular formula is C18H18Cl2O2. The maximum absolute atomic E-state index is 9.84. The number of rotatable bonds is 2. The monoisotopic (exact) mass is 336 g/mol. The summed E-state index contributed by atoms with van der Waals surface area (Å²) in [5.74, 6) is 0.481. The van der Waals surface area contributed by atoms with E-state index in [1.165, 1.54) is 0 Å². The molecule has 0 atom stereocenters. The number of phenols is 2. The number of aromatic hydroxyl groups is 2. The summed E-state index contributed by atoms with van der Waals surface area (Å²) in [7, 11) is 0. The van der Waals surface area contributed by atoms with Crippen molar-refractivity contribution in [2.75, 3.05) is 0 Å². The summed E-state index contributed by atoms with van der Waals surface area (Å²) in [6.45, 7) is 7.45. The maximum atomic E-state index is 9.84. The van der Waals surface area contributed by atoms with Crippen molar-refractivity contribution in [2.24, 2.45) is 0 Å². The highest BCUT2D eigenvalue weighted by atomic mass is 35.5. The number of benzene rings is 2. The van der Waals surface area contributed by atoms with Crippen molar-refractivity contribution in [1.29, 1.82) is 0 Å². The lowest BCUT2D eigenvalue weighted by Gasteiger charge is -2.17. The lowest BCUT2D eigenvalue weighted by Crippen LogP contribution is -1.97. The molecule has 0 spiro atoms. The lowest BCUT2D eigenvalue weighted by molar-refractivity contribution is 0.470. The van der Waals surface area contributed by atoms with Gasteiger partial charge in [0.15, 0.2) is 0 Å². The second-order valence-corrected chi connectivity index (χ2v) is 6.49. The van der Waals surface area contributed by atoms with Crippen LogP contribution in [0.2, 0.25) is 0 Å². The molecule has 0 saturated carbocycles. The van der Waals surface area contributed by atoms with Gasteiger partial charge in [-0.1, -0.05) is 23.2 Å². The molecule has 0 aliphatic rings. The minimum Gasteiger partial charge on any atom is -0.508 e. The third-order valence-electron chi connectivity index (χ3n) is 3.81. The summed E-state index contributed by atoms with van der Waals surface area (Å²) in [6, 6.07) is 7.13. The van der Waals surface area contributed by atoms with Crippen molar-refractivity contribution in [2.45, 2.75) is 27.7 Å². The maximum Gasteiger partial charge on any atom is 0.118 e. The van der Waals surface area contributed by atoms with Gasteiger partial charge in [-0.3, -0.25) is 0 Å². The van der Waals surface area contributed by atoms with E-state index in [9.17, 15) is 10.2 Å². The third kappa shape index (κ3) is 3.08. The SMILES string of the molecule is Cc1cc(C(=C(Cl)Cl)c2cc(C)c(O)cc2C)c(C)cc1O. The minimum atomic E-state index is 0.154. The van der Waals surface area contributed by atoms with Gasteiger partial charge in [0.1, 0.15) is 16.0 Å². The van der Waals surface area contributed by atoms with Crippen LogP contribution >= 0.6 is 23.2 Å². The summed E-state index contributed by atoms with van der Waals surface area (Å²) in [6.07, 6.45) is 0. The van der Waals surface area contributed by atoms with Gasteiger partial charge in [0, 0.05) is 5.57 Å². The predicted molar refractivity (Wildman–Crippen MR) is 92.9 cm³/mol. The molecule has 0 radical (unpaired) electrons. The summed E-state index contributed by atoms with van der Waals surface area (Å²) >= 11 is 12.3. The van der Waals surface area contributed by atoms with E-state index >= 15 is 0 Å². The van der Waals surface area contributed by atoms with Gasteiger partial charge < -0.3 is 10.2 Å². The van der Waals surface area contributed by atoms with Gasteiger partial charge in [-0.25, -0.2) is 0 Å². The van der Waals surface area contributed by atoms with Gasteiger partial charge >= 0.3 is 0 Å². The molecule has 2 N–H and O–H groups in total. The minimum absolute atomic E-state index is 0.154. The molecule has 0 aliphatic carbocycles. The normalized spacial score (nSPS) is 10.6. The van der Waals surface area contributed by atoms with Crippen LogP contribution in [0.25, 0.3) is 5.57 Å². The van der Waals surface area contributed by atoms with E-state index in [1.54, 1.807) is 12.1 Å². The number of halogens is 2. The molecule has 0 aliphatic heterocycles. The van der Waals surface area contributed by atoms with E-state index in [0.717, 1.165) is 33.4 Å². The molecule has 0 amide bonds. The zero-order chi connectivity index (χ0) is 16.6. The van der Waals surface area contributed by atoms with Crippen molar-refractivity contribution < 1.29 is 10.2 Å². The van der Waals surface area contributed by atoms with Gasteiger partial charge in [0.2, 0.25) is 0 Å². The summed E-state index contributed by atoms with van der Waals surface area (Å²) in [5.41, 5.74) is 5.68. The Morgan fingerprint density at radius 1 is 0.682 bits per heavy atom. The first-order valence-electron chi connectivity index (χ1n) is 6.88. The van der Waals surface area contributed by atoms with Gasteiger partial charge in [-0.05, 0) is 85.3 Å². The predicted octanol–water partition coefficient (Wildman–Crippen LogP) is 5.53. The molecule has 2 aromatic rings. The smallest absolute Gasteiger partial charge is 0.118 e. The molecule has 22 heavy (non-hydrogen) atoms. The van der Waals surface area contributed by atoms with Crippen molar-refractivity contribution in [3.05, 3.63) is 62.1 Å². The van der Waals surface area contributed by atoms with E-state index in [0.29, 0.717) is 5.57 Å². The highest BCUT2D eigenvalue weighted by Crippen LogP contribution is 2.38. The zero-order valence-electron chi connectivity index (χ0n) is 13.0. The Balaban J connectivity index is 2.77. The molecule has 0 fully saturated rings. The Kier molecular flexibility index (Phi) is 4.74. The van der Waals surface area contributed by atoms with Crippen molar-refractivity contribution in [3.8, 4) is 11.5 Å². The van der Waals surface area contributed by atoms with Crippen molar-refractivity contribution in [1.82, 2.24) is 0 Å². The molecule has 0 unspecified atom stereocenters. The molecule has 2 aromatic carbocycles. The quantitative estimate of drug-likeness (QED) is 0.757. The molecule has 0 bridgehead atoms. The fraction of sp³-hybridized carbons (Fsp3) is 0.222. The fourth-order valence-electron chi connectivity index (χ4n) is 2.49. The van der Waals surface area contributed by atoms with E-state index in [2.05, 4.69) is 0 Å². The van der Waals surface area contributed by atoms with Crippen LogP contribution in [0.3, 0.4) is 0 Å². The Hall–Kier alpha value is -1.64. The van der Waals surface area contributed by atoms with Gasteiger partial charge in [0.25, 0.3) is 0 Å². The third-order valence-corrected chi connectivity index (χ3v) is 4.19. The van der Waals surface area contributed by atoms with E-state index in [4.69, 9.17) is 23.2 Å². The Morgan fingerprint density at radius 3 is 1.36 bits per heavy atom. The first-order valence-corrected chi connectivity index (χ1v) is 7.64. The molecule has 0 saturated heterocycles. The fourth-order valence-corrected chi connectivity index (χ4v) is 2.90. The average Bonchev–Trinajstić information content (AvgIpc) is 2.41. The topological polar surface area (TPSA) is 40.5 Å². The number of phenolic OH excluding ortho intramolecular Hbond substituents is 2.